The number of hydrogen-bond donors (Lipinski definition) is 1. The molecule has 8 heteroatoms. The van der Waals surface area contributed by atoms with Crippen molar-refractivity contribution in [2.75, 3.05) is 0 Å². The highest BCUT2D eigenvalue weighted by Crippen LogP contribution is 2.18. The van der Waals surface area contributed by atoms with Crippen molar-refractivity contribution in [3.8, 4) is 0 Å². The molecule has 23 heavy (non-hydrogen) atoms. The van der Waals surface area contributed by atoms with Gasteiger partial charge in [0, 0.05) is 13.2 Å². The van der Waals surface area contributed by atoms with Gasteiger partial charge in [-0.25, -0.2) is 9.97 Å². The minimum Gasteiger partial charge on any atom is -0.341 e. The molecule has 1 atom stereocenters. The minimum absolute atomic E-state index is 0.216. The number of aromatic nitrogens is 5. The summed E-state index contributed by atoms with van der Waals surface area (Å²) in [6, 6.07) is 3.31. The average Bonchev–Trinajstić information content (AvgIpc) is 3.07. The molecule has 7 nitrogen and oxygen atoms in total. The zero-order valence-electron chi connectivity index (χ0n) is 13.1. The van der Waals surface area contributed by atoms with E-state index in [9.17, 15) is 4.79 Å². The van der Waals surface area contributed by atoms with Gasteiger partial charge >= 0.3 is 0 Å². The van der Waals surface area contributed by atoms with Gasteiger partial charge in [-0.15, -0.1) is 0 Å². The van der Waals surface area contributed by atoms with Gasteiger partial charge in [0.2, 0.25) is 0 Å². The first kappa shape index (κ1) is 15.5. The van der Waals surface area contributed by atoms with Gasteiger partial charge in [0.25, 0.3) is 5.91 Å². The monoisotopic (exact) mass is 332 g/mol. The number of carbonyl (C=O) groups is 1. The van der Waals surface area contributed by atoms with Crippen LogP contribution in [-0.2, 0) is 7.05 Å². The first-order chi connectivity index (χ1) is 11.0. The molecule has 1 amide bonds. The highest BCUT2D eigenvalue weighted by atomic mass is 35.5. The Balaban J connectivity index is 1.96. The number of imidazole rings is 1. The molecule has 120 valence electrons. The fraction of sp³-hybridized carbons (Fsp3) is 0.333. The zero-order chi connectivity index (χ0) is 16.6. The summed E-state index contributed by atoms with van der Waals surface area (Å²) in [4.78, 5) is 21.4. The maximum absolute atomic E-state index is 12.8. The van der Waals surface area contributed by atoms with E-state index in [4.69, 9.17) is 11.6 Å². The topological polar surface area (TPSA) is 77.1 Å². The van der Waals surface area contributed by atoms with Gasteiger partial charge in [0.15, 0.2) is 0 Å². The van der Waals surface area contributed by atoms with Gasteiger partial charge < -0.3 is 5.32 Å². The van der Waals surface area contributed by atoms with Crippen LogP contribution in [0.5, 0.6) is 0 Å². The van der Waals surface area contributed by atoms with Gasteiger partial charge in [-0.05, 0) is 25.5 Å². The lowest BCUT2D eigenvalue weighted by atomic mass is 10.2. The normalized spacial score (nSPS) is 12.5. The Hall–Kier alpha value is -2.41. The number of pyridine rings is 1. The SMILES string of the molecule is CC[C@@H](NC(=O)c1c(C)nc2ccc(Cl)cn12)c1ncnn1C. The van der Waals surface area contributed by atoms with Crippen LogP contribution in [0.25, 0.3) is 5.65 Å². The summed E-state index contributed by atoms with van der Waals surface area (Å²) in [6.45, 7) is 3.79. The van der Waals surface area contributed by atoms with Gasteiger partial charge in [-0.1, -0.05) is 18.5 Å². The number of aryl methyl sites for hydroxylation is 2. The van der Waals surface area contributed by atoms with Crippen molar-refractivity contribution in [3.63, 3.8) is 0 Å². The van der Waals surface area contributed by atoms with Crippen molar-refractivity contribution in [1.29, 1.82) is 0 Å². The molecular weight excluding hydrogens is 316 g/mol. The van der Waals surface area contributed by atoms with Crippen LogP contribution in [0.4, 0.5) is 0 Å². The van der Waals surface area contributed by atoms with Crippen LogP contribution < -0.4 is 5.32 Å². The summed E-state index contributed by atoms with van der Waals surface area (Å²) in [6.07, 6.45) is 3.87. The van der Waals surface area contributed by atoms with E-state index in [-0.39, 0.29) is 11.9 Å². The Labute approximate surface area is 138 Å². The van der Waals surface area contributed by atoms with Gasteiger partial charge in [0.05, 0.1) is 16.8 Å². The fourth-order valence-corrected chi connectivity index (χ4v) is 2.77. The average molecular weight is 333 g/mol. The summed E-state index contributed by atoms with van der Waals surface area (Å²) in [7, 11) is 1.80. The molecule has 0 aliphatic rings. The van der Waals surface area contributed by atoms with Crippen LogP contribution in [0.3, 0.4) is 0 Å². The lowest BCUT2D eigenvalue weighted by Gasteiger charge is -2.16. The molecule has 3 aromatic heterocycles. The molecule has 3 heterocycles. The number of nitrogens with one attached hydrogen (secondary N) is 1. The molecule has 0 radical (unpaired) electrons. The van der Waals surface area contributed by atoms with Crippen LogP contribution in [0, 0.1) is 6.92 Å². The zero-order valence-corrected chi connectivity index (χ0v) is 13.9. The van der Waals surface area contributed by atoms with Crippen molar-refractivity contribution in [2.45, 2.75) is 26.3 Å². The number of amides is 1. The van der Waals surface area contributed by atoms with E-state index < -0.39 is 0 Å². The Morgan fingerprint density at radius 3 is 2.87 bits per heavy atom. The lowest BCUT2D eigenvalue weighted by Crippen LogP contribution is -2.31. The van der Waals surface area contributed by atoms with Crippen LogP contribution in [0.2, 0.25) is 5.02 Å². The Morgan fingerprint density at radius 2 is 2.22 bits per heavy atom. The maximum Gasteiger partial charge on any atom is 0.270 e. The van der Waals surface area contributed by atoms with Crippen LogP contribution in [0.15, 0.2) is 24.7 Å². The number of halogens is 1. The van der Waals surface area contributed by atoms with Crippen molar-refractivity contribution in [3.05, 3.63) is 46.9 Å². The molecule has 0 spiro atoms. The van der Waals surface area contributed by atoms with E-state index in [2.05, 4.69) is 20.4 Å². The molecule has 0 aliphatic heterocycles. The summed E-state index contributed by atoms with van der Waals surface area (Å²) < 4.78 is 3.36. The van der Waals surface area contributed by atoms with Crippen LogP contribution >= 0.6 is 11.6 Å². The van der Waals surface area contributed by atoms with Crippen LogP contribution in [0.1, 0.15) is 41.4 Å². The molecular formula is C15H17ClN6O. The summed E-state index contributed by atoms with van der Waals surface area (Å²) in [5, 5.41) is 7.60. The smallest absolute Gasteiger partial charge is 0.270 e. The third-order valence-corrected chi connectivity index (χ3v) is 3.97. The number of nitrogens with zero attached hydrogens (tertiary/aromatic N) is 5. The highest BCUT2D eigenvalue weighted by Gasteiger charge is 2.22. The second-order valence-corrected chi connectivity index (χ2v) is 5.73. The van der Waals surface area contributed by atoms with E-state index in [1.165, 1.54) is 6.33 Å². The van der Waals surface area contributed by atoms with E-state index in [0.717, 1.165) is 0 Å². The molecule has 3 rings (SSSR count). The number of hydrogen-bond acceptors (Lipinski definition) is 4. The lowest BCUT2D eigenvalue weighted by molar-refractivity contribution is 0.0926. The van der Waals surface area contributed by atoms with Gasteiger partial charge in [-0.2, -0.15) is 5.10 Å². The summed E-state index contributed by atoms with van der Waals surface area (Å²) >= 11 is 6.04. The van der Waals surface area contributed by atoms with Crippen molar-refractivity contribution < 1.29 is 4.79 Å². The molecule has 0 saturated heterocycles. The fourth-order valence-electron chi connectivity index (χ4n) is 2.61. The largest absolute Gasteiger partial charge is 0.341 e. The first-order valence-corrected chi connectivity index (χ1v) is 7.68. The van der Waals surface area contributed by atoms with Crippen molar-refractivity contribution >= 4 is 23.2 Å². The quantitative estimate of drug-likeness (QED) is 0.795. The third kappa shape index (κ3) is 2.79. The number of rotatable bonds is 4. The molecule has 0 aromatic carbocycles. The minimum atomic E-state index is -0.223. The van der Waals surface area contributed by atoms with E-state index in [1.807, 2.05) is 6.92 Å². The highest BCUT2D eigenvalue weighted by molar-refractivity contribution is 6.30. The maximum atomic E-state index is 12.8. The van der Waals surface area contributed by atoms with Gasteiger partial charge in [0.1, 0.15) is 23.5 Å². The molecule has 0 aliphatic carbocycles. The van der Waals surface area contributed by atoms with Gasteiger partial charge in [-0.3, -0.25) is 13.9 Å². The Bertz CT molecular complexity index is 868. The molecule has 0 unspecified atom stereocenters. The number of fused-ring (bicyclic) bond motifs is 1. The Kier molecular flexibility index (Phi) is 4.04. The molecule has 0 saturated carbocycles. The number of carbonyl (C=O) groups excluding carboxylic acids is 1. The summed E-state index contributed by atoms with van der Waals surface area (Å²) in [5.41, 5.74) is 1.81. The second kappa shape index (κ2) is 6.00. The first-order valence-electron chi connectivity index (χ1n) is 7.30. The van der Waals surface area contributed by atoms with E-state index >= 15 is 0 Å². The molecule has 0 bridgehead atoms. The van der Waals surface area contributed by atoms with E-state index in [0.29, 0.717) is 34.3 Å². The summed E-state index contributed by atoms with van der Waals surface area (Å²) in [5.74, 6) is 0.498. The third-order valence-electron chi connectivity index (χ3n) is 3.74. The predicted molar refractivity (Wildman–Crippen MR) is 86.4 cm³/mol. The second-order valence-electron chi connectivity index (χ2n) is 5.30. The standard InChI is InChI=1S/C15H17ClN6O/c1-4-11(14-17-8-18-21(14)3)20-15(23)13-9(2)19-12-6-5-10(16)7-22(12)13/h5-8,11H,4H2,1-3H3,(H,20,23)/t11-/m1/s1. The van der Waals surface area contributed by atoms with Crippen LogP contribution in [-0.4, -0.2) is 30.1 Å². The van der Waals surface area contributed by atoms with E-state index in [1.54, 1.807) is 41.4 Å². The molecule has 0 fully saturated rings. The molecule has 3 aromatic rings. The van der Waals surface area contributed by atoms with Crippen molar-refractivity contribution in [1.82, 2.24) is 29.5 Å². The Morgan fingerprint density at radius 1 is 1.43 bits per heavy atom. The predicted octanol–water partition coefficient (Wildman–Crippen LogP) is 2.31. The van der Waals surface area contributed by atoms with Crippen molar-refractivity contribution in [2.24, 2.45) is 7.05 Å². The molecule has 1 N–H and O–H groups in total.